The maximum absolute atomic E-state index is 12.8. The summed E-state index contributed by atoms with van der Waals surface area (Å²) in [6.07, 6.45) is 6.75. The molecule has 1 fully saturated rings. The molecule has 3 rings (SSSR count). The molecule has 1 aliphatic rings. The zero-order valence-electron chi connectivity index (χ0n) is 12.5. The summed E-state index contributed by atoms with van der Waals surface area (Å²) in [6.45, 7) is 2.36. The van der Waals surface area contributed by atoms with Gasteiger partial charge in [-0.25, -0.2) is 0 Å². The second-order valence-electron chi connectivity index (χ2n) is 5.52. The van der Waals surface area contributed by atoms with Crippen LogP contribution in [0, 0.1) is 5.92 Å². The molecule has 0 aromatic carbocycles. The average molecular weight is 300 g/mol. The molecule has 116 valence electrons. The molecule has 22 heavy (non-hydrogen) atoms. The van der Waals surface area contributed by atoms with Crippen molar-refractivity contribution in [1.82, 2.24) is 9.88 Å². The van der Waals surface area contributed by atoms with Gasteiger partial charge in [-0.05, 0) is 36.6 Å². The van der Waals surface area contributed by atoms with E-state index in [0.717, 1.165) is 24.2 Å². The number of furan rings is 1. The molecule has 0 aliphatic carbocycles. The molecule has 0 N–H and O–H groups in total. The minimum atomic E-state index is 0.0420. The molecule has 0 unspecified atom stereocenters. The van der Waals surface area contributed by atoms with Crippen LogP contribution in [0.15, 0.2) is 47.3 Å². The standard InChI is InChI=1S/C17H20N2O3/c20-17(15-5-9-21-10-6-15)19(13-16-4-2-8-22-16)12-14-3-1-7-18-11-14/h1-4,7-8,11,15H,5-6,9-10,12-13H2. The van der Waals surface area contributed by atoms with E-state index in [1.54, 1.807) is 18.7 Å². The summed E-state index contributed by atoms with van der Waals surface area (Å²) in [5, 5.41) is 0. The van der Waals surface area contributed by atoms with E-state index in [-0.39, 0.29) is 11.8 Å². The second-order valence-corrected chi connectivity index (χ2v) is 5.52. The number of aromatic nitrogens is 1. The smallest absolute Gasteiger partial charge is 0.226 e. The molecule has 3 heterocycles. The highest BCUT2D eigenvalue weighted by molar-refractivity contribution is 5.78. The highest BCUT2D eigenvalue weighted by Gasteiger charge is 2.27. The van der Waals surface area contributed by atoms with Crippen molar-refractivity contribution in [2.75, 3.05) is 13.2 Å². The summed E-state index contributed by atoms with van der Waals surface area (Å²) < 4.78 is 10.8. The van der Waals surface area contributed by atoms with E-state index >= 15 is 0 Å². The van der Waals surface area contributed by atoms with Crippen LogP contribution in [0.4, 0.5) is 0 Å². The summed E-state index contributed by atoms with van der Waals surface area (Å²) >= 11 is 0. The minimum Gasteiger partial charge on any atom is -0.467 e. The lowest BCUT2D eigenvalue weighted by molar-refractivity contribution is -0.140. The van der Waals surface area contributed by atoms with Crippen LogP contribution in [0.2, 0.25) is 0 Å². The molecule has 0 bridgehead atoms. The van der Waals surface area contributed by atoms with Gasteiger partial charge in [0.05, 0.1) is 12.8 Å². The number of rotatable bonds is 5. The predicted octanol–water partition coefficient (Wildman–Crippen LogP) is 2.63. The Morgan fingerprint density at radius 3 is 2.77 bits per heavy atom. The van der Waals surface area contributed by atoms with Crippen molar-refractivity contribution in [1.29, 1.82) is 0 Å². The van der Waals surface area contributed by atoms with Gasteiger partial charge >= 0.3 is 0 Å². The van der Waals surface area contributed by atoms with Gasteiger partial charge in [0.1, 0.15) is 5.76 Å². The molecule has 1 amide bonds. The van der Waals surface area contributed by atoms with Crippen LogP contribution in [0.3, 0.4) is 0 Å². The summed E-state index contributed by atoms with van der Waals surface area (Å²) in [5.74, 6) is 1.01. The Hall–Kier alpha value is -2.14. The molecule has 0 spiro atoms. The largest absolute Gasteiger partial charge is 0.467 e. The van der Waals surface area contributed by atoms with Crippen LogP contribution < -0.4 is 0 Å². The molecule has 2 aromatic rings. The highest BCUT2D eigenvalue weighted by Crippen LogP contribution is 2.20. The molecule has 1 aliphatic heterocycles. The van der Waals surface area contributed by atoms with Crippen molar-refractivity contribution >= 4 is 5.91 Å². The summed E-state index contributed by atoms with van der Waals surface area (Å²) in [6, 6.07) is 7.61. The lowest BCUT2D eigenvalue weighted by Crippen LogP contribution is -2.37. The average Bonchev–Trinajstić information content (AvgIpc) is 3.08. The molecule has 5 nitrogen and oxygen atoms in total. The lowest BCUT2D eigenvalue weighted by atomic mass is 9.98. The van der Waals surface area contributed by atoms with Gasteiger partial charge in [-0.15, -0.1) is 0 Å². The van der Waals surface area contributed by atoms with Gasteiger partial charge in [0.25, 0.3) is 0 Å². The highest BCUT2D eigenvalue weighted by atomic mass is 16.5. The molecule has 5 heteroatoms. The van der Waals surface area contributed by atoms with Gasteiger partial charge in [0.15, 0.2) is 0 Å². The Morgan fingerprint density at radius 1 is 1.23 bits per heavy atom. The van der Waals surface area contributed by atoms with Crippen molar-refractivity contribution < 1.29 is 13.9 Å². The molecule has 2 aromatic heterocycles. The summed E-state index contributed by atoms with van der Waals surface area (Å²) in [7, 11) is 0. The van der Waals surface area contributed by atoms with Gasteiger partial charge in [-0.2, -0.15) is 0 Å². The van der Waals surface area contributed by atoms with Crippen molar-refractivity contribution in [3.63, 3.8) is 0 Å². The van der Waals surface area contributed by atoms with Crippen LogP contribution >= 0.6 is 0 Å². The Morgan fingerprint density at radius 2 is 2.09 bits per heavy atom. The molecule has 1 saturated heterocycles. The van der Waals surface area contributed by atoms with Gasteiger partial charge in [-0.1, -0.05) is 6.07 Å². The SMILES string of the molecule is O=C(C1CCOCC1)N(Cc1cccnc1)Cc1ccco1. The van der Waals surface area contributed by atoms with E-state index in [0.29, 0.717) is 26.3 Å². The number of ether oxygens (including phenoxy) is 1. The molecule has 0 radical (unpaired) electrons. The van der Waals surface area contributed by atoms with E-state index in [1.165, 1.54) is 0 Å². The fourth-order valence-electron chi connectivity index (χ4n) is 2.72. The second kappa shape index (κ2) is 7.22. The van der Waals surface area contributed by atoms with Crippen molar-refractivity contribution in [2.24, 2.45) is 5.92 Å². The number of pyridine rings is 1. The third-order valence-corrected chi connectivity index (χ3v) is 3.91. The zero-order chi connectivity index (χ0) is 15.2. The molecular weight excluding hydrogens is 280 g/mol. The maximum Gasteiger partial charge on any atom is 0.226 e. The molecular formula is C17H20N2O3. The first-order chi connectivity index (χ1) is 10.8. The zero-order valence-corrected chi connectivity index (χ0v) is 12.5. The van der Waals surface area contributed by atoms with Crippen molar-refractivity contribution in [3.05, 3.63) is 54.2 Å². The Kier molecular flexibility index (Phi) is 4.85. The quantitative estimate of drug-likeness (QED) is 0.852. The van der Waals surface area contributed by atoms with Crippen LogP contribution in [0.25, 0.3) is 0 Å². The van der Waals surface area contributed by atoms with E-state index in [9.17, 15) is 4.79 Å². The fraction of sp³-hybridized carbons (Fsp3) is 0.412. The predicted molar refractivity (Wildman–Crippen MR) is 80.7 cm³/mol. The third-order valence-electron chi connectivity index (χ3n) is 3.91. The van der Waals surface area contributed by atoms with Crippen molar-refractivity contribution in [2.45, 2.75) is 25.9 Å². The molecule has 0 atom stereocenters. The van der Waals surface area contributed by atoms with E-state index < -0.39 is 0 Å². The fourth-order valence-corrected chi connectivity index (χ4v) is 2.72. The normalized spacial score (nSPS) is 15.6. The van der Waals surface area contributed by atoms with Crippen LogP contribution in [0.5, 0.6) is 0 Å². The van der Waals surface area contributed by atoms with Crippen LogP contribution in [-0.2, 0) is 22.6 Å². The minimum absolute atomic E-state index is 0.0420. The monoisotopic (exact) mass is 300 g/mol. The van der Waals surface area contributed by atoms with Crippen LogP contribution in [-0.4, -0.2) is 29.0 Å². The summed E-state index contributed by atoms with van der Waals surface area (Å²) in [5.41, 5.74) is 1.02. The summed E-state index contributed by atoms with van der Waals surface area (Å²) in [4.78, 5) is 18.8. The van der Waals surface area contributed by atoms with E-state index in [4.69, 9.17) is 9.15 Å². The molecule has 0 saturated carbocycles. The van der Waals surface area contributed by atoms with Gasteiger partial charge in [-0.3, -0.25) is 9.78 Å². The number of hydrogen-bond donors (Lipinski definition) is 0. The van der Waals surface area contributed by atoms with Crippen LogP contribution in [0.1, 0.15) is 24.2 Å². The number of amides is 1. The van der Waals surface area contributed by atoms with Gasteiger partial charge in [0.2, 0.25) is 5.91 Å². The number of hydrogen-bond acceptors (Lipinski definition) is 4. The topological polar surface area (TPSA) is 55.6 Å². The van der Waals surface area contributed by atoms with Crippen molar-refractivity contribution in [3.8, 4) is 0 Å². The Bertz CT molecular complexity index is 577. The first-order valence-electron chi connectivity index (χ1n) is 7.61. The Balaban J connectivity index is 1.74. The first kappa shape index (κ1) is 14.8. The van der Waals surface area contributed by atoms with E-state index in [1.807, 2.05) is 29.2 Å². The first-order valence-corrected chi connectivity index (χ1v) is 7.61. The Labute approximate surface area is 129 Å². The maximum atomic E-state index is 12.8. The lowest BCUT2D eigenvalue weighted by Gasteiger charge is -2.29. The van der Waals surface area contributed by atoms with E-state index in [2.05, 4.69) is 4.98 Å². The number of carbonyl (C=O) groups excluding carboxylic acids is 1. The number of nitrogens with zero attached hydrogens (tertiary/aromatic N) is 2. The number of carbonyl (C=O) groups is 1. The van der Waals surface area contributed by atoms with Gasteiger partial charge in [0, 0.05) is 38.1 Å². The third kappa shape index (κ3) is 3.74. The van der Waals surface area contributed by atoms with Gasteiger partial charge < -0.3 is 14.1 Å².